The summed E-state index contributed by atoms with van der Waals surface area (Å²) < 4.78 is 21.6. The van der Waals surface area contributed by atoms with Crippen molar-refractivity contribution in [3.8, 4) is 23.0 Å². The molecule has 0 aromatic heterocycles. The van der Waals surface area contributed by atoms with Crippen LogP contribution in [0.25, 0.3) is 0 Å². The molecule has 146 valence electrons. The minimum absolute atomic E-state index is 0.0621. The Balaban J connectivity index is 1.61. The SMILES string of the molecule is OC/C=C/C(Cc1ccc2c(c1)OCO2)=C(/CO)Cc1ccc2c(c1)OCO2. The first-order valence-corrected chi connectivity index (χ1v) is 9.13. The van der Waals surface area contributed by atoms with Gasteiger partial charge in [-0.2, -0.15) is 0 Å². The highest BCUT2D eigenvalue weighted by atomic mass is 16.7. The highest BCUT2D eigenvalue weighted by Gasteiger charge is 2.16. The summed E-state index contributed by atoms with van der Waals surface area (Å²) in [4.78, 5) is 0. The van der Waals surface area contributed by atoms with Gasteiger partial charge in [0.05, 0.1) is 13.2 Å². The minimum Gasteiger partial charge on any atom is -0.454 e. The van der Waals surface area contributed by atoms with E-state index in [1.807, 2.05) is 42.5 Å². The number of aliphatic hydroxyl groups is 2. The van der Waals surface area contributed by atoms with Crippen molar-refractivity contribution >= 4 is 0 Å². The van der Waals surface area contributed by atoms with Crippen LogP contribution >= 0.6 is 0 Å². The molecule has 0 atom stereocenters. The van der Waals surface area contributed by atoms with Crippen molar-refractivity contribution in [2.75, 3.05) is 26.8 Å². The lowest BCUT2D eigenvalue weighted by Crippen LogP contribution is -2.03. The molecule has 2 N–H and O–H groups in total. The third-order valence-electron chi connectivity index (χ3n) is 4.76. The first-order chi connectivity index (χ1) is 13.8. The Labute approximate surface area is 163 Å². The Hall–Kier alpha value is -2.96. The zero-order valence-corrected chi connectivity index (χ0v) is 15.4. The van der Waals surface area contributed by atoms with Gasteiger partial charge in [0.15, 0.2) is 23.0 Å². The van der Waals surface area contributed by atoms with Gasteiger partial charge in [-0.05, 0) is 59.4 Å². The summed E-state index contributed by atoms with van der Waals surface area (Å²) in [5.74, 6) is 2.92. The van der Waals surface area contributed by atoms with Crippen LogP contribution in [0.4, 0.5) is 0 Å². The molecule has 2 heterocycles. The monoisotopic (exact) mass is 382 g/mol. The summed E-state index contributed by atoms with van der Waals surface area (Å²) in [5, 5.41) is 19.2. The van der Waals surface area contributed by atoms with Crippen LogP contribution in [-0.2, 0) is 12.8 Å². The highest BCUT2D eigenvalue weighted by Crippen LogP contribution is 2.35. The van der Waals surface area contributed by atoms with Crippen molar-refractivity contribution in [3.05, 3.63) is 70.8 Å². The van der Waals surface area contributed by atoms with Crippen LogP contribution in [0.15, 0.2) is 59.7 Å². The molecule has 6 nitrogen and oxygen atoms in total. The smallest absolute Gasteiger partial charge is 0.231 e. The molecule has 0 bridgehead atoms. The predicted octanol–water partition coefficient (Wildman–Crippen LogP) is 2.77. The predicted molar refractivity (Wildman–Crippen MR) is 103 cm³/mol. The van der Waals surface area contributed by atoms with Crippen LogP contribution in [-0.4, -0.2) is 37.0 Å². The van der Waals surface area contributed by atoms with E-state index in [9.17, 15) is 10.2 Å². The number of rotatable bonds is 7. The molecule has 0 amide bonds. The summed E-state index contributed by atoms with van der Waals surface area (Å²) in [6.45, 7) is 0.325. The zero-order valence-electron chi connectivity index (χ0n) is 15.4. The molecule has 0 aliphatic carbocycles. The lowest BCUT2D eigenvalue weighted by atomic mass is 9.95. The molecule has 0 saturated heterocycles. The number of ether oxygens (including phenoxy) is 4. The quantitative estimate of drug-likeness (QED) is 0.717. The summed E-state index contributed by atoms with van der Waals surface area (Å²) >= 11 is 0. The van der Waals surface area contributed by atoms with Crippen LogP contribution in [0.3, 0.4) is 0 Å². The van der Waals surface area contributed by atoms with E-state index in [-0.39, 0.29) is 26.8 Å². The zero-order chi connectivity index (χ0) is 19.3. The highest BCUT2D eigenvalue weighted by molar-refractivity contribution is 5.48. The van der Waals surface area contributed by atoms with Crippen LogP contribution in [0.2, 0.25) is 0 Å². The van der Waals surface area contributed by atoms with Crippen molar-refractivity contribution in [1.82, 2.24) is 0 Å². The van der Waals surface area contributed by atoms with E-state index < -0.39 is 0 Å². The average molecular weight is 382 g/mol. The topological polar surface area (TPSA) is 77.4 Å². The van der Waals surface area contributed by atoms with E-state index in [1.165, 1.54) is 0 Å². The lowest BCUT2D eigenvalue weighted by molar-refractivity contribution is 0.173. The van der Waals surface area contributed by atoms with Crippen molar-refractivity contribution in [3.63, 3.8) is 0 Å². The number of hydrogen-bond donors (Lipinski definition) is 2. The van der Waals surface area contributed by atoms with Gasteiger partial charge in [0.25, 0.3) is 0 Å². The molecule has 0 radical (unpaired) electrons. The van der Waals surface area contributed by atoms with Gasteiger partial charge in [0, 0.05) is 0 Å². The van der Waals surface area contributed by atoms with Gasteiger partial charge < -0.3 is 29.2 Å². The summed E-state index contributed by atoms with van der Waals surface area (Å²) in [6.07, 6.45) is 4.72. The number of fused-ring (bicyclic) bond motifs is 2. The van der Waals surface area contributed by atoms with Crippen molar-refractivity contribution in [2.24, 2.45) is 0 Å². The van der Waals surface area contributed by atoms with Gasteiger partial charge in [-0.25, -0.2) is 0 Å². The fourth-order valence-electron chi connectivity index (χ4n) is 3.34. The Morgan fingerprint density at radius 1 is 0.786 bits per heavy atom. The molecule has 2 aliphatic heterocycles. The fourth-order valence-corrected chi connectivity index (χ4v) is 3.34. The van der Waals surface area contributed by atoms with Gasteiger partial charge in [-0.1, -0.05) is 24.3 Å². The molecule has 28 heavy (non-hydrogen) atoms. The van der Waals surface area contributed by atoms with Crippen molar-refractivity contribution < 1.29 is 29.2 Å². The van der Waals surface area contributed by atoms with E-state index in [0.29, 0.717) is 12.8 Å². The van der Waals surface area contributed by atoms with Gasteiger partial charge in [0.1, 0.15) is 0 Å². The van der Waals surface area contributed by atoms with Gasteiger partial charge in [-0.3, -0.25) is 0 Å². The molecule has 0 unspecified atom stereocenters. The second-order valence-electron chi connectivity index (χ2n) is 6.60. The number of hydrogen-bond acceptors (Lipinski definition) is 6. The van der Waals surface area contributed by atoms with E-state index in [1.54, 1.807) is 6.08 Å². The van der Waals surface area contributed by atoms with E-state index in [0.717, 1.165) is 45.3 Å². The molecule has 2 aromatic rings. The Morgan fingerprint density at radius 2 is 1.36 bits per heavy atom. The lowest BCUT2D eigenvalue weighted by Gasteiger charge is -2.13. The third-order valence-corrected chi connectivity index (χ3v) is 4.76. The standard InChI is InChI=1S/C22H22O6/c23-7-1-2-17(8-15-3-5-19-21(10-15)27-13-25-19)18(12-24)9-16-4-6-20-22(11-16)28-14-26-20/h1-6,10-11,23-24H,7-9,12-14H2/b2-1+,18-17-. The molecular formula is C22H22O6. The minimum atomic E-state index is -0.0793. The van der Waals surface area contributed by atoms with Crippen LogP contribution < -0.4 is 18.9 Å². The van der Waals surface area contributed by atoms with Crippen molar-refractivity contribution in [2.45, 2.75) is 12.8 Å². The number of aliphatic hydroxyl groups excluding tert-OH is 2. The summed E-state index contributed by atoms with van der Waals surface area (Å²) in [5.41, 5.74) is 3.89. The maximum atomic E-state index is 10.0. The molecule has 0 fully saturated rings. The van der Waals surface area contributed by atoms with E-state index in [2.05, 4.69) is 0 Å². The first-order valence-electron chi connectivity index (χ1n) is 9.13. The second kappa shape index (κ2) is 8.37. The van der Waals surface area contributed by atoms with Gasteiger partial charge in [0.2, 0.25) is 13.6 Å². The Kier molecular flexibility index (Phi) is 5.50. The largest absolute Gasteiger partial charge is 0.454 e. The summed E-state index contributed by atoms with van der Waals surface area (Å²) in [6, 6.07) is 11.6. The van der Waals surface area contributed by atoms with Crippen LogP contribution in [0.5, 0.6) is 23.0 Å². The van der Waals surface area contributed by atoms with Crippen molar-refractivity contribution in [1.29, 1.82) is 0 Å². The van der Waals surface area contributed by atoms with Gasteiger partial charge >= 0.3 is 0 Å². The summed E-state index contributed by atoms with van der Waals surface area (Å²) in [7, 11) is 0. The maximum Gasteiger partial charge on any atom is 0.231 e. The Morgan fingerprint density at radius 3 is 1.93 bits per heavy atom. The van der Waals surface area contributed by atoms with Gasteiger partial charge in [-0.15, -0.1) is 0 Å². The average Bonchev–Trinajstić information content (AvgIpc) is 3.37. The molecule has 2 aliphatic rings. The van der Waals surface area contributed by atoms with Crippen LogP contribution in [0.1, 0.15) is 11.1 Å². The normalized spacial score (nSPS) is 15.2. The van der Waals surface area contributed by atoms with E-state index in [4.69, 9.17) is 18.9 Å². The van der Waals surface area contributed by atoms with E-state index >= 15 is 0 Å². The number of benzene rings is 2. The maximum absolute atomic E-state index is 10.0. The third kappa shape index (κ3) is 3.98. The fraction of sp³-hybridized carbons (Fsp3) is 0.273. The number of allylic oxidation sites excluding steroid dienone is 2. The van der Waals surface area contributed by atoms with Crippen LogP contribution in [0, 0.1) is 0 Å². The Bertz CT molecular complexity index is 915. The first kappa shape index (κ1) is 18.4. The molecule has 2 aromatic carbocycles. The molecule has 0 saturated carbocycles. The molecular weight excluding hydrogens is 360 g/mol. The molecule has 4 rings (SSSR count). The molecule has 0 spiro atoms. The molecule has 6 heteroatoms. The second-order valence-corrected chi connectivity index (χ2v) is 6.60.